The summed E-state index contributed by atoms with van der Waals surface area (Å²) < 4.78 is 10.5. The van der Waals surface area contributed by atoms with Crippen LogP contribution in [0, 0.1) is 0 Å². The Hall–Kier alpha value is -5.91. The van der Waals surface area contributed by atoms with E-state index in [0.717, 1.165) is 6.92 Å². The van der Waals surface area contributed by atoms with Crippen LogP contribution in [0.2, 0.25) is 0 Å². The van der Waals surface area contributed by atoms with E-state index in [2.05, 4.69) is 36.6 Å². The van der Waals surface area contributed by atoms with E-state index in [1.807, 2.05) is 0 Å². The van der Waals surface area contributed by atoms with Gasteiger partial charge in [-0.1, -0.05) is 41.5 Å². The molecule has 3 atom stereocenters. The average molecular weight is 729 g/mol. The molecule has 0 aliphatic heterocycles. The Labute approximate surface area is 299 Å². The van der Waals surface area contributed by atoms with Crippen LogP contribution < -0.4 is 26.6 Å². The number of aromatic hydroxyl groups is 2. The second-order valence-corrected chi connectivity index (χ2v) is 11.3. The van der Waals surface area contributed by atoms with Gasteiger partial charge in [0.15, 0.2) is 11.5 Å². The molecule has 2 aromatic rings. The molecule has 0 aromatic heterocycles. The zero-order valence-electron chi connectivity index (χ0n) is 28.6. The summed E-state index contributed by atoms with van der Waals surface area (Å²) in [6.07, 6.45) is -1.08. The van der Waals surface area contributed by atoms with Gasteiger partial charge in [0.25, 0.3) is 0 Å². The molecule has 0 saturated heterocycles. The minimum Gasteiger partial charge on any atom is -0.504 e. The molecule has 0 aliphatic carbocycles. The maximum Gasteiger partial charge on any atom is 0.305 e. The number of benzene rings is 2. The monoisotopic (exact) mass is 728 g/mol. The number of hydrogen-bond acceptors (Lipinski definition) is 11. The van der Waals surface area contributed by atoms with Crippen LogP contribution in [0.4, 0.5) is 0 Å². The number of nitrogens with one attached hydrogen (secondary N) is 5. The van der Waals surface area contributed by atoms with Gasteiger partial charge in [0.05, 0.1) is 39.3 Å². The molecule has 2 aromatic carbocycles. The Balaban J connectivity index is 2.06. The van der Waals surface area contributed by atoms with Gasteiger partial charge in [-0.15, -0.1) is 0 Å². The van der Waals surface area contributed by atoms with E-state index < -0.39 is 66.5 Å². The molecule has 0 radical (unpaired) electrons. The normalized spacial score (nSPS) is 12.2. The van der Waals surface area contributed by atoms with Crippen LogP contribution in [-0.2, 0) is 51.1 Å². The first-order valence-corrected chi connectivity index (χ1v) is 16.2. The first kappa shape index (κ1) is 42.3. The number of phenols is 2. The molecule has 0 spiro atoms. The molecule has 5 amide bonds. The fourth-order valence-electron chi connectivity index (χ4n) is 4.61. The molecule has 282 valence electrons. The molecule has 8 N–H and O–H groups in total. The average Bonchev–Trinajstić information content (AvgIpc) is 3.09. The zero-order valence-corrected chi connectivity index (χ0v) is 28.6. The second kappa shape index (κ2) is 23.5. The van der Waals surface area contributed by atoms with Gasteiger partial charge in [-0.05, 0) is 35.2 Å². The van der Waals surface area contributed by atoms with Crippen molar-refractivity contribution in [1.82, 2.24) is 26.6 Å². The first-order chi connectivity index (χ1) is 24.9. The number of hydrogen-bond donors (Lipinski definition) is 8. The van der Waals surface area contributed by atoms with E-state index in [0.29, 0.717) is 11.1 Å². The molecular weight excluding hydrogens is 684 g/mol. The molecule has 0 saturated carbocycles. The molecule has 19 nitrogen and oxygen atoms in total. The second-order valence-electron chi connectivity index (χ2n) is 11.3. The van der Waals surface area contributed by atoms with Gasteiger partial charge in [-0.25, -0.2) is 0 Å². The summed E-state index contributed by atoms with van der Waals surface area (Å²) in [6, 6.07) is 8.42. The lowest BCUT2D eigenvalue weighted by atomic mass is 10.0. The number of nitrogens with zero attached hydrogens (tertiary/aromatic N) is 3. The third-order valence-electron chi connectivity index (χ3n) is 7.10. The molecule has 0 bridgehead atoms. The van der Waals surface area contributed by atoms with Gasteiger partial charge in [0, 0.05) is 37.9 Å². The highest BCUT2D eigenvalue weighted by Crippen LogP contribution is 2.24. The number of ether oxygens (including phenoxy) is 2. The number of azide groups is 1. The van der Waals surface area contributed by atoms with Crippen molar-refractivity contribution in [3.63, 3.8) is 0 Å². The summed E-state index contributed by atoms with van der Waals surface area (Å²) in [7, 11) is 0. The van der Waals surface area contributed by atoms with Crippen molar-refractivity contribution in [2.75, 3.05) is 46.1 Å². The Kier molecular flexibility index (Phi) is 19.1. The van der Waals surface area contributed by atoms with E-state index >= 15 is 0 Å². The van der Waals surface area contributed by atoms with Crippen LogP contribution in [0.15, 0.2) is 53.6 Å². The van der Waals surface area contributed by atoms with Crippen molar-refractivity contribution >= 4 is 35.5 Å². The quantitative estimate of drug-likeness (QED) is 0.0230. The zero-order chi connectivity index (χ0) is 38.3. The molecule has 19 heteroatoms. The molecule has 2 rings (SSSR count). The first-order valence-electron chi connectivity index (χ1n) is 16.2. The molecule has 0 fully saturated rings. The number of carboxylic acid groups (broad SMARTS) is 1. The van der Waals surface area contributed by atoms with Gasteiger partial charge in [-0.3, -0.25) is 28.8 Å². The van der Waals surface area contributed by atoms with Crippen molar-refractivity contribution in [3.8, 4) is 11.5 Å². The molecule has 0 unspecified atom stereocenters. The van der Waals surface area contributed by atoms with Crippen LogP contribution >= 0.6 is 0 Å². The highest BCUT2D eigenvalue weighted by Gasteiger charge is 2.31. The van der Waals surface area contributed by atoms with E-state index in [1.165, 1.54) is 12.1 Å². The van der Waals surface area contributed by atoms with E-state index in [9.17, 15) is 44.1 Å². The lowest BCUT2D eigenvalue weighted by Crippen LogP contribution is -2.58. The standard InChI is InChI=1S/C33H44N8O11/c1-21(42)38-25(19-29(45)35-10-9-23-7-8-27(43)28(44)18-23)33(50)39-24(17-22-5-3-2-4-6-22)32(49)40-26(20-30(46)47)31(48)36-11-13-51-15-16-52-14-12-37-41-34/h2-8,18,24-26,43-44H,9-17,19-20H2,1H3,(H,35,45)(H,36,48)(H,38,42)(H,39,50)(H,40,49)(H,46,47)/t24-,25+,26+/m1/s1. The van der Waals surface area contributed by atoms with E-state index in [1.54, 1.807) is 36.4 Å². The maximum absolute atomic E-state index is 13.5. The van der Waals surface area contributed by atoms with Gasteiger partial charge >= 0.3 is 5.97 Å². The number of carboxylic acids is 1. The van der Waals surface area contributed by atoms with Crippen molar-refractivity contribution in [3.05, 3.63) is 70.1 Å². The SMILES string of the molecule is CC(=O)N[C@@H](CC(=O)NCCc1ccc(O)c(O)c1)C(=O)N[C@H](Cc1ccccc1)C(=O)N[C@@H](CC(=O)O)C(=O)NCCOCCOCCN=[N+]=[N-]. The Morgan fingerprint density at radius 2 is 1.40 bits per heavy atom. The lowest BCUT2D eigenvalue weighted by molar-refractivity contribution is -0.141. The molecule has 52 heavy (non-hydrogen) atoms. The summed E-state index contributed by atoms with van der Waals surface area (Å²) in [5, 5.41) is 44.3. The van der Waals surface area contributed by atoms with Crippen LogP contribution in [0.3, 0.4) is 0 Å². The third kappa shape index (κ3) is 17.1. The van der Waals surface area contributed by atoms with Gasteiger partial charge in [-0.2, -0.15) is 0 Å². The maximum atomic E-state index is 13.5. The van der Waals surface area contributed by atoms with Crippen LogP contribution in [-0.4, -0.2) is 115 Å². The Morgan fingerprint density at radius 1 is 0.750 bits per heavy atom. The van der Waals surface area contributed by atoms with Crippen molar-refractivity contribution in [1.29, 1.82) is 0 Å². The summed E-state index contributed by atoms with van der Waals surface area (Å²) in [4.78, 5) is 78.8. The summed E-state index contributed by atoms with van der Waals surface area (Å²) in [5.41, 5.74) is 9.46. The number of aliphatic carboxylic acids is 1. The predicted molar refractivity (Wildman–Crippen MR) is 184 cm³/mol. The molecule has 0 aliphatic rings. The van der Waals surface area contributed by atoms with E-state index in [4.69, 9.17) is 15.0 Å². The minimum atomic E-state index is -1.53. The number of amides is 5. The number of phenolic OH excluding ortho intramolecular Hbond substituents is 2. The third-order valence-corrected chi connectivity index (χ3v) is 7.10. The fourth-order valence-corrected chi connectivity index (χ4v) is 4.61. The van der Waals surface area contributed by atoms with Gasteiger partial charge in [0.1, 0.15) is 18.1 Å². The minimum absolute atomic E-state index is 0.0222. The van der Waals surface area contributed by atoms with E-state index in [-0.39, 0.29) is 70.4 Å². The topological polar surface area (TPSA) is 290 Å². The van der Waals surface area contributed by atoms with Gasteiger partial charge in [0.2, 0.25) is 29.5 Å². The number of carbonyl (C=O) groups is 6. The van der Waals surface area contributed by atoms with Crippen molar-refractivity contribution in [2.24, 2.45) is 5.11 Å². The van der Waals surface area contributed by atoms with Crippen molar-refractivity contribution in [2.45, 2.75) is 50.7 Å². The fraction of sp³-hybridized carbons (Fsp3) is 0.455. The summed E-state index contributed by atoms with van der Waals surface area (Å²) in [5.74, 6) is -5.82. The Morgan fingerprint density at radius 3 is 2.06 bits per heavy atom. The van der Waals surface area contributed by atoms with Gasteiger partial charge < -0.3 is 51.4 Å². The van der Waals surface area contributed by atoms with Crippen LogP contribution in [0.5, 0.6) is 11.5 Å². The lowest BCUT2D eigenvalue weighted by Gasteiger charge is -2.25. The largest absolute Gasteiger partial charge is 0.504 e. The van der Waals surface area contributed by atoms with Crippen LogP contribution in [0.25, 0.3) is 10.4 Å². The highest BCUT2D eigenvalue weighted by molar-refractivity contribution is 5.96. The van der Waals surface area contributed by atoms with Crippen molar-refractivity contribution < 1.29 is 53.6 Å². The summed E-state index contributed by atoms with van der Waals surface area (Å²) >= 11 is 0. The number of carbonyl (C=O) groups excluding carboxylic acids is 5. The number of rotatable bonds is 24. The highest BCUT2D eigenvalue weighted by atomic mass is 16.5. The van der Waals surface area contributed by atoms with Crippen LogP contribution in [0.1, 0.15) is 30.9 Å². The smallest absolute Gasteiger partial charge is 0.305 e. The predicted octanol–water partition coefficient (Wildman–Crippen LogP) is -0.202. The molecule has 0 heterocycles. The molecular formula is C33H44N8O11. The Bertz CT molecular complexity index is 1550. The summed E-state index contributed by atoms with van der Waals surface area (Å²) in [6.45, 7) is 2.04.